The van der Waals surface area contributed by atoms with Gasteiger partial charge in [-0.25, -0.2) is 4.79 Å². The molecule has 1 heterocycles. The molecule has 2 aromatic rings. The summed E-state index contributed by atoms with van der Waals surface area (Å²) in [7, 11) is 0. The van der Waals surface area contributed by atoms with Crippen molar-refractivity contribution in [2.24, 2.45) is 0 Å². The summed E-state index contributed by atoms with van der Waals surface area (Å²) in [5.41, 5.74) is 0.952. The summed E-state index contributed by atoms with van der Waals surface area (Å²) in [5.74, 6) is -0.0633. The zero-order valence-corrected chi connectivity index (χ0v) is 9.80. The van der Waals surface area contributed by atoms with Crippen molar-refractivity contribution in [1.82, 2.24) is 10.1 Å². The Hall–Kier alpha value is -1.07. The molecule has 0 radical (unpaired) electrons. The zero-order valence-electron chi connectivity index (χ0n) is 7.46. The van der Waals surface area contributed by atoms with E-state index in [4.69, 9.17) is 11.6 Å². The molecule has 0 aliphatic heterocycles. The molecular weight excluding hydrogens is 283 g/mol. The number of nitrogens with one attached hydrogen (secondary N) is 1. The van der Waals surface area contributed by atoms with Crippen molar-refractivity contribution in [1.29, 1.82) is 0 Å². The van der Waals surface area contributed by atoms with Gasteiger partial charge in [-0.15, -0.1) is 0 Å². The summed E-state index contributed by atoms with van der Waals surface area (Å²) in [6.07, 6.45) is 0.485. The van der Waals surface area contributed by atoms with E-state index in [0.717, 1.165) is 10.0 Å². The monoisotopic (exact) mass is 288 g/mol. The van der Waals surface area contributed by atoms with Crippen LogP contribution in [0, 0.1) is 0 Å². The number of halogens is 2. The van der Waals surface area contributed by atoms with Gasteiger partial charge in [0.25, 0.3) is 0 Å². The molecule has 0 bridgehead atoms. The molecule has 4 nitrogen and oxygen atoms in total. The highest BCUT2D eigenvalue weighted by atomic mass is 79.9. The predicted molar refractivity (Wildman–Crippen MR) is 59.1 cm³/mol. The Morgan fingerprint density at radius 2 is 2.33 bits per heavy atom. The molecule has 2 rings (SSSR count). The molecule has 0 amide bonds. The van der Waals surface area contributed by atoms with E-state index in [1.807, 2.05) is 12.1 Å². The van der Waals surface area contributed by atoms with Gasteiger partial charge < -0.3 is 0 Å². The quantitative estimate of drug-likeness (QED) is 0.923. The number of hydrogen-bond acceptors (Lipinski definition) is 3. The minimum Gasteiger partial charge on any atom is -0.296 e. The van der Waals surface area contributed by atoms with E-state index >= 15 is 0 Å². The van der Waals surface area contributed by atoms with Crippen LogP contribution in [-0.2, 0) is 6.42 Å². The number of hydrogen-bond donors (Lipinski definition) is 1. The van der Waals surface area contributed by atoms with Crippen LogP contribution in [-0.4, -0.2) is 10.1 Å². The zero-order chi connectivity index (χ0) is 10.8. The molecule has 0 saturated heterocycles. The molecule has 0 aliphatic rings. The van der Waals surface area contributed by atoms with E-state index in [1.54, 1.807) is 6.07 Å². The average molecular weight is 290 g/mol. The van der Waals surface area contributed by atoms with Crippen molar-refractivity contribution in [2.75, 3.05) is 0 Å². The lowest BCUT2D eigenvalue weighted by atomic mass is 10.1. The lowest BCUT2D eigenvalue weighted by Gasteiger charge is -1.99. The number of aromatic nitrogens is 2. The minimum atomic E-state index is -0.548. The maximum atomic E-state index is 10.7. The molecular formula is C9H6BrClN2O2. The number of nitrogens with zero attached hydrogens (tertiary/aromatic N) is 1. The fraction of sp³-hybridized carbons (Fsp3) is 0.111. The molecule has 1 aromatic carbocycles. The predicted octanol–water partition coefficient (Wildman–Crippen LogP) is 2.37. The summed E-state index contributed by atoms with van der Waals surface area (Å²) < 4.78 is 5.22. The second kappa shape index (κ2) is 4.20. The Balaban J connectivity index is 2.24. The summed E-state index contributed by atoms with van der Waals surface area (Å²) in [6.45, 7) is 0. The topological polar surface area (TPSA) is 58.9 Å². The van der Waals surface area contributed by atoms with Crippen molar-refractivity contribution in [3.63, 3.8) is 0 Å². The van der Waals surface area contributed by atoms with Crippen LogP contribution in [0.1, 0.15) is 11.4 Å². The van der Waals surface area contributed by atoms with Crippen LogP contribution >= 0.6 is 27.5 Å². The first-order chi connectivity index (χ1) is 7.15. The molecule has 0 aliphatic carbocycles. The Labute approximate surface area is 98.4 Å². The molecule has 0 saturated carbocycles. The Morgan fingerprint density at radius 3 is 2.93 bits per heavy atom. The third-order valence-electron chi connectivity index (χ3n) is 1.84. The van der Waals surface area contributed by atoms with Gasteiger partial charge in [0.1, 0.15) is 0 Å². The molecule has 78 valence electrons. The third-order valence-corrected chi connectivity index (χ3v) is 3.07. The lowest BCUT2D eigenvalue weighted by molar-refractivity contribution is 0.382. The molecule has 6 heteroatoms. The van der Waals surface area contributed by atoms with Gasteiger partial charge in [-0.2, -0.15) is 0 Å². The van der Waals surface area contributed by atoms with E-state index in [-0.39, 0.29) is 0 Å². The molecule has 15 heavy (non-hydrogen) atoms. The Bertz CT molecular complexity index is 535. The van der Waals surface area contributed by atoms with Crippen molar-refractivity contribution < 1.29 is 4.52 Å². The van der Waals surface area contributed by atoms with Gasteiger partial charge in [-0.1, -0.05) is 22.8 Å². The molecule has 1 N–H and O–H groups in total. The first-order valence-electron chi connectivity index (χ1n) is 4.14. The second-order valence-corrected chi connectivity index (χ2v) is 4.23. The maximum absolute atomic E-state index is 10.7. The van der Waals surface area contributed by atoms with E-state index in [2.05, 4.69) is 30.6 Å². The second-order valence-electron chi connectivity index (χ2n) is 2.97. The van der Waals surface area contributed by atoms with Gasteiger partial charge in [-0.05, 0) is 33.6 Å². The van der Waals surface area contributed by atoms with Crippen LogP contribution in [0.3, 0.4) is 0 Å². The highest BCUT2D eigenvalue weighted by molar-refractivity contribution is 9.10. The summed E-state index contributed by atoms with van der Waals surface area (Å²) in [6, 6.07) is 5.54. The van der Waals surface area contributed by atoms with E-state index < -0.39 is 5.76 Å². The van der Waals surface area contributed by atoms with Crippen molar-refractivity contribution >= 4 is 27.5 Å². The van der Waals surface area contributed by atoms with E-state index in [1.165, 1.54) is 0 Å². The number of rotatable bonds is 2. The minimum absolute atomic E-state index is 0.485. The van der Waals surface area contributed by atoms with Gasteiger partial charge in [-0.3, -0.25) is 9.51 Å². The highest BCUT2D eigenvalue weighted by Gasteiger charge is 2.04. The van der Waals surface area contributed by atoms with Gasteiger partial charge >= 0.3 is 5.76 Å². The summed E-state index contributed by atoms with van der Waals surface area (Å²) >= 11 is 9.22. The summed E-state index contributed by atoms with van der Waals surface area (Å²) in [4.78, 5) is 13.2. The third kappa shape index (κ3) is 2.49. The number of aromatic amines is 1. The Morgan fingerprint density at radius 1 is 1.53 bits per heavy atom. The fourth-order valence-corrected chi connectivity index (χ4v) is 1.63. The number of H-pyrrole nitrogens is 1. The Kier molecular flexibility index (Phi) is 2.93. The molecule has 0 spiro atoms. The standard InChI is InChI=1S/C9H6BrClN2O2/c10-6-2-1-5(3-7(6)11)4-8-12-9(14)15-13-8/h1-3H,4H2,(H,12,13,14). The lowest BCUT2D eigenvalue weighted by Crippen LogP contribution is -1.97. The van der Waals surface area contributed by atoms with Gasteiger partial charge in [0.15, 0.2) is 5.82 Å². The number of benzene rings is 1. The molecule has 0 atom stereocenters. The van der Waals surface area contributed by atoms with Crippen molar-refractivity contribution in [3.05, 3.63) is 49.6 Å². The first kappa shape index (κ1) is 10.4. The van der Waals surface area contributed by atoms with Crippen LogP contribution in [0.15, 0.2) is 32.0 Å². The normalized spacial score (nSPS) is 10.5. The van der Waals surface area contributed by atoms with Gasteiger partial charge in [0.2, 0.25) is 0 Å². The van der Waals surface area contributed by atoms with Crippen LogP contribution in [0.2, 0.25) is 5.02 Å². The van der Waals surface area contributed by atoms with Crippen molar-refractivity contribution in [3.8, 4) is 0 Å². The molecule has 0 fully saturated rings. The summed E-state index contributed by atoms with van der Waals surface area (Å²) in [5, 5.41) is 4.19. The molecule has 1 aromatic heterocycles. The van der Waals surface area contributed by atoms with Crippen LogP contribution in [0.5, 0.6) is 0 Å². The highest BCUT2D eigenvalue weighted by Crippen LogP contribution is 2.23. The average Bonchev–Trinajstić information content (AvgIpc) is 2.58. The first-order valence-corrected chi connectivity index (χ1v) is 5.31. The molecule has 0 unspecified atom stereocenters. The smallest absolute Gasteiger partial charge is 0.296 e. The SMILES string of the molecule is O=c1[nH]c(Cc2ccc(Br)c(Cl)c2)no1. The fourth-order valence-electron chi connectivity index (χ4n) is 1.18. The van der Waals surface area contributed by atoms with Gasteiger partial charge in [0, 0.05) is 10.9 Å². The maximum Gasteiger partial charge on any atom is 0.438 e. The van der Waals surface area contributed by atoms with Gasteiger partial charge in [0.05, 0.1) is 5.02 Å². The van der Waals surface area contributed by atoms with Crippen molar-refractivity contribution in [2.45, 2.75) is 6.42 Å². The largest absolute Gasteiger partial charge is 0.438 e. The van der Waals surface area contributed by atoms with E-state index in [9.17, 15) is 4.79 Å². The van der Waals surface area contributed by atoms with Crippen LogP contribution in [0.4, 0.5) is 0 Å². The van der Waals surface area contributed by atoms with E-state index in [0.29, 0.717) is 17.3 Å². The van der Waals surface area contributed by atoms with Crippen LogP contribution < -0.4 is 5.76 Å². The van der Waals surface area contributed by atoms with Crippen LogP contribution in [0.25, 0.3) is 0 Å².